The number of nitrogens with zero attached hydrogens (tertiary/aromatic N) is 5. The van der Waals surface area contributed by atoms with Crippen LogP contribution in [0.1, 0.15) is 62.7 Å². The summed E-state index contributed by atoms with van der Waals surface area (Å²) in [7, 11) is 3.32. The van der Waals surface area contributed by atoms with E-state index >= 15 is 0 Å². The van der Waals surface area contributed by atoms with E-state index in [1.165, 1.54) is 11.9 Å². The summed E-state index contributed by atoms with van der Waals surface area (Å²) in [6.07, 6.45) is 3.79. The van der Waals surface area contributed by atoms with Gasteiger partial charge in [0.05, 0.1) is 17.2 Å². The maximum Gasteiger partial charge on any atom is 0.417 e. The Morgan fingerprint density at radius 2 is 1.59 bits per heavy atom. The summed E-state index contributed by atoms with van der Waals surface area (Å²) in [5.41, 5.74) is 1.94. The predicted molar refractivity (Wildman–Crippen MR) is 140 cm³/mol. The highest BCUT2D eigenvalue weighted by Crippen LogP contribution is 2.38. The molecule has 1 aliphatic heterocycles. The summed E-state index contributed by atoms with van der Waals surface area (Å²) in [4.78, 5) is 39.9. The van der Waals surface area contributed by atoms with Crippen LogP contribution in [-0.4, -0.2) is 64.8 Å². The number of hydrogen-bond acceptors (Lipinski definition) is 5. The average Bonchev–Trinajstić information content (AvgIpc) is 3.39. The second-order valence-corrected chi connectivity index (χ2v) is 10.1. The number of amides is 2. The molecule has 5 rings (SSSR count). The van der Waals surface area contributed by atoms with Crippen LogP contribution in [-0.2, 0) is 12.6 Å². The number of carbonyl (C=O) groups is 2. The number of alkyl halides is 3. The van der Waals surface area contributed by atoms with E-state index in [1.807, 2.05) is 25.2 Å². The Morgan fingerprint density at radius 1 is 0.897 bits per heavy atom. The predicted octanol–water partition coefficient (Wildman–Crippen LogP) is 5.00. The van der Waals surface area contributed by atoms with E-state index in [-0.39, 0.29) is 11.9 Å². The number of benzene rings is 1. The van der Waals surface area contributed by atoms with Gasteiger partial charge in [-0.3, -0.25) is 19.6 Å². The molecule has 3 heterocycles. The molecule has 0 saturated carbocycles. The van der Waals surface area contributed by atoms with Crippen molar-refractivity contribution in [3.05, 3.63) is 89.0 Å². The number of fused-ring (bicyclic) bond motifs is 1. The van der Waals surface area contributed by atoms with Crippen LogP contribution in [0.4, 0.5) is 18.9 Å². The van der Waals surface area contributed by atoms with Crippen LogP contribution in [0.5, 0.6) is 0 Å². The SMILES string of the molecule is CN(C(=O)c1ccc2c(c1)C(N(C)C(=O)c1cnccc1C(F)(F)F)CC2)C1CCN(c2ccncc2)CC1. The molecule has 3 aromatic rings. The number of carbonyl (C=O) groups excluding carboxylic acids is 2. The van der Waals surface area contributed by atoms with Crippen molar-refractivity contribution in [1.29, 1.82) is 0 Å². The third kappa shape index (κ3) is 5.32. The molecule has 2 aliphatic rings. The molecule has 1 aliphatic carbocycles. The molecular weight excluding hydrogens is 507 g/mol. The fourth-order valence-corrected chi connectivity index (χ4v) is 5.70. The first kappa shape index (κ1) is 26.6. The Bertz CT molecular complexity index is 1360. The lowest BCUT2D eigenvalue weighted by Gasteiger charge is -2.38. The number of aromatic nitrogens is 2. The van der Waals surface area contributed by atoms with Gasteiger partial charge in [-0.05, 0) is 67.1 Å². The summed E-state index contributed by atoms with van der Waals surface area (Å²) in [6.45, 7) is 1.67. The van der Waals surface area contributed by atoms with Gasteiger partial charge in [-0.15, -0.1) is 0 Å². The first-order valence-electron chi connectivity index (χ1n) is 13.0. The normalized spacial score (nSPS) is 17.6. The van der Waals surface area contributed by atoms with Gasteiger partial charge >= 0.3 is 6.18 Å². The summed E-state index contributed by atoms with van der Waals surface area (Å²) in [5.74, 6) is -0.852. The standard InChI is InChI=1S/C29H30F3N5O2/c1-35(21-10-15-37(16-11-21)22-7-12-33-13-8-22)27(38)20-4-3-19-5-6-26(23(19)17-20)36(2)28(39)24-18-34-14-9-25(24)29(30,31)32/h3-4,7-9,12-14,17-18,21,26H,5-6,10-11,15-16H2,1-2H3. The maximum atomic E-state index is 13.5. The van der Waals surface area contributed by atoms with E-state index in [0.717, 1.165) is 61.2 Å². The first-order valence-corrected chi connectivity index (χ1v) is 13.0. The van der Waals surface area contributed by atoms with Gasteiger partial charge in [0.2, 0.25) is 0 Å². The van der Waals surface area contributed by atoms with Gasteiger partial charge in [0.25, 0.3) is 11.8 Å². The minimum absolute atomic E-state index is 0.0928. The van der Waals surface area contributed by atoms with Crippen molar-refractivity contribution in [2.24, 2.45) is 0 Å². The van der Waals surface area contributed by atoms with Crippen LogP contribution >= 0.6 is 0 Å². The van der Waals surface area contributed by atoms with E-state index in [0.29, 0.717) is 18.4 Å². The monoisotopic (exact) mass is 537 g/mol. The van der Waals surface area contributed by atoms with Crippen LogP contribution < -0.4 is 4.90 Å². The molecule has 0 N–H and O–H groups in total. The van der Waals surface area contributed by atoms with Gasteiger partial charge in [0, 0.05) is 69.3 Å². The van der Waals surface area contributed by atoms with Crippen LogP contribution in [0.3, 0.4) is 0 Å². The number of aryl methyl sites for hydroxylation is 1. The van der Waals surface area contributed by atoms with Crippen molar-refractivity contribution in [1.82, 2.24) is 19.8 Å². The van der Waals surface area contributed by atoms with E-state index < -0.39 is 29.3 Å². The zero-order chi connectivity index (χ0) is 27.7. The molecule has 1 unspecified atom stereocenters. The Kier molecular flexibility index (Phi) is 7.29. The molecule has 7 nitrogen and oxygen atoms in total. The van der Waals surface area contributed by atoms with Gasteiger partial charge in [0.15, 0.2) is 0 Å². The van der Waals surface area contributed by atoms with E-state index in [2.05, 4.69) is 14.9 Å². The largest absolute Gasteiger partial charge is 0.417 e. The maximum absolute atomic E-state index is 13.5. The van der Waals surface area contributed by atoms with E-state index in [1.54, 1.807) is 29.4 Å². The van der Waals surface area contributed by atoms with E-state index in [4.69, 9.17) is 0 Å². The lowest BCUT2D eigenvalue weighted by atomic mass is 9.99. The van der Waals surface area contributed by atoms with Crippen LogP contribution in [0.25, 0.3) is 0 Å². The Labute approximate surface area is 225 Å². The van der Waals surface area contributed by atoms with Gasteiger partial charge in [0.1, 0.15) is 0 Å². The van der Waals surface area contributed by atoms with Crippen LogP contribution in [0.15, 0.2) is 61.2 Å². The van der Waals surface area contributed by atoms with Gasteiger partial charge in [-0.1, -0.05) is 6.07 Å². The minimum atomic E-state index is -4.67. The zero-order valence-electron chi connectivity index (χ0n) is 21.9. The molecular formula is C29H30F3N5O2. The molecule has 204 valence electrons. The van der Waals surface area contributed by atoms with Crippen LogP contribution in [0.2, 0.25) is 0 Å². The number of piperidine rings is 1. The molecule has 1 saturated heterocycles. The third-order valence-electron chi connectivity index (χ3n) is 7.94. The number of anilines is 1. The second-order valence-electron chi connectivity index (χ2n) is 10.1. The van der Waals surface area contributed by atoms with Gasteiger partial charge in [-0.2, -0.15) is 13.2 Å². The van der Waals surface area contributed by atoms with Crippen molar-refractivity contribution in [3.8, 4) is 0 Å². The lowest BCUT2D eigenvalue weighted by molar-refractivity contribution is -0.138. The number of halogens is 3. The van der Waals surface area contributed by atoms with E-state index in [9.17, 15) is 22.8 Å². The number of pyridine rings is 2. The molecule has 2 amide bonds. The molecule has 1 aromatic carbocycles. The number of hydrogen-bond donors (Lipinski definition) is 0. The fourth-order valence-electron chi connectivity index (χ4n) is 5.70. The average molecular weight is 538 g/mol. The summed E-state index contributed by atoms with van der Waals surface area (Å²) < 4.78 is 40.6. The zero-order valence-corrected chi connectivity index (χ0v) is 21.9. The van der Waals surface area contributed by atoms with Crippen molar-refractivity contribution in [2.75, 3.05) is 32.1 Å². The molecule has 1 fully saturated rings. The van der Waals surface area contributed by atoms with Crippen molar-refractivity contribution < 1.29 is 22.8 Å². The van der Waals surface area contributed by atoms with Gasteiger partial charge < -0.3 is 14.7 Å². The Morgan fingerprint density at radius 3 is 2.28 bits per heavy atom. The summed E-state index contributed by atoms with van der Waals surface area (Å²) in [5, 5.41) is 0. The molecule has 10 heteroatoms. The summed E-state index contributed by atoms with van der Waals surface area (Å²) >= 11 is 0. The Hall–Kier alpha value is -3.95. The second kappa shape index (κ2) is 10.7. The smallest absolute Gasteiger partial charge is 0.371 e. The third-order valence-corrected chi connectivity index (χ3v) is 7.94. The highest BCUT2D eigenvalue weighted by Gasteiger charge is 2.38. The fraction of sp³-hybridized carbons (Fsp3) is 0.379. The first-order chi connectivity index (χ1) is 18.6. The van der Waals surface area contributed by atoms with Crippen LogP contribution in [0, 0.1) is 0 Å². The molecule has 0 radical (unpaired) electrons. The quantitative estimate of drug-likeness (QED) is 0.459. The highest BCUT2D eigenvalue weighted by molar-refractivity contribution is 5.96. The van der Waals surface area contributed by atoms with Crippen molar-refractivity contribution in [2.45, 2.75) is 43.9 Å². The van der Waals surface area contributed by atoms with Crippen molar-refractivity contribution in [3.63, 3.8) is 0 Å². The molecule has 1 atom stereocenters. The Balaban J connectivity index is 1.30. The molecule has 39 heavy (non-hydrogen) atoms. The highest BCUT2D eigenvalue weighted by atomic mass is 19.4. The molecule has 0 bridgehead atoms. The molecule has 2 aromatic heterocycles. The number of rotatable bonds is 5. The van der Waals surface area contributed by atoms with Crippen molar-refractivity contribution >= 4 is 17.5 Å². The topological polar surface area (TPSA) is 69.6 Å². The minimum Gasteiger partial charge on any atom is -0.371 e. The lowest BCUT2D eigenvalue weighted by Crippen LogP contribution is -2.45. The summed E-state index contributed by atoms with van der Waals surface area (Å²) in [6, 6.07) is 9.94. The van der Waals surface area contributed by atoms with Gasteiger partial charge in [-0.25, -0.2) is 0 Å². The molecule has 0 spiro atoms.